The number of benzene rings is 3. The molecule has 0 unspecified atom stereocenters. The van der Waals surface area contributed by atoms with E-state index in [9.17, 15) is 14.9 Å². The van der Waals surface area contributed by atoms with Crippen LogP contribution in [-0.4, -0.2) is 25.6 Å². The fourth-order valence-corrected chi connectivity index (χ4v) is 4.34. The summed E-state index contributed by atoms with van der Waals surface area (Å²) in [5.41, 5.74) is 2.22. The summed E-state index contributed by atoms with van der Waals surface area (Å²) in [6, 6.07) is 22.5. The summed E-state index contributed by atoms with van der Waals surface area (Å²) in [4.78, 5) is 30.2. The van der Waals surface area contributed by atoms with Crippen molar-refractivity contribution >= 4 is 29.1 Å². The second-order valence-corrected chi connectivity index (χ2v) is 8.15. The highest BCUT2D eigenvalue weighted by atomic mass is 35.5. The van der Waals surface area contributed by atoms with E-state index in [1.165, 1.54) is 30.6 Å². The Morgan fingerprint density at radius 3 is 2.27 bits per heavy atom. The maximum Gasteiger partial charge on any atom is 0.269 e. The Labute approximate surface area is 194 Å². The van der Waals surface area contributed by atoms with Gasteiger partial charge in [0.05, 0.1) is 17.0 Å². The van der Waals surface area contributed by atoms with Gasteiger partial charge in [0.15, 0.2) is 0 Å². The lowest BCUT2D eigenvalue weighted by molar-refractivity contribution is -0.384. The minimum atomic E-state index is -0.493. The summed E-state index contributed by atoms with van der Waals surface area (Å²) in [6.07, 6.45) is 2.01. The van der Waals surface area contributed by atoms with Crippen molar-refractivity contribution in [2.24, 2.45) is 0 Å². The minimum Gasteiger partial charge on any atom is -0.269 e. The molecule has 2 atom stereocenters. The molecular weight excluding hydrogens is 442 g/mol. The number of hydrogen-bond donors (Lipinski definition) is 0. The zero-order valence-electron chi connectivity index (χ0n) is 17.3. The second-order valence-electron chi connectivity index (χ2n) is 7.71. The van der Waals surface area contributed by atoms with Gasteiger partial charge in [-0.1, -0.05) is 54.1 Å². The average Bonchev–Trinajstić information content (AvgIpc) is 3.33. The van der Waals surface area contributed by atoms with Gasteiger partial charge in [-0.25, -0.2) is 4.68 Å². The van der Waals surface area contributed by atoms with Crippen molar-refractivity contribution in [3.63, 3.8) is 0 Å². The molecule has 0 saturated carbocycles. The number of aromatic nitrogens is 3. The van der Waals surface area contributed by atoms with E-state index in [2.05, 4.69) is 10.1 Å². The standard InChI is InChI=1S/C24H18ClN5O3/c25-19-10-6-17(7-11-19)21-14-22(16-4-2-1-3-5-16)29-24(26-15-27-29)28(21)23(31)18-8-12-20(13-9-18)30(32)33/h1-13,15,21-22H,14H2/t21-,22-/m1/s1. The number of carbonyl (C=O) groups excluding carboxylic acids is 1. The van der Waals surface area contributed by atoms with E-state index >= 15 is 0 Å². The van der Waals surface area contributed by atoms with Gasteiger partial charge in [0.25, 0.3) is 11.6 Å². The highest BCUT2D eigenvalue weighted by molar-refractivity contribution is 6.30. The fraction of sp³-hybridized carbons (Fsp3) is 0.125. The number of nitrogens with zero attached hydrogens (tertiary/aromatic N) is 5. The van der Waals surface area contributed by atoms with Crippen molar-refractivity contribution in [1.82, 2.24) is 14.8 Å². The van der Waals surface area contributed by atoms with Crippen LogP contribution in [0.15, 0.2) is 85.2 Å². The monoisotopic (exact) mass is 459 g/mol. The minimum absolute atomic E-state index is 0.0771. The van der Waals surface area contributed by atoms with Gasteiger partial charge in [-0.15, -0.1) is 0 Å². The van der Waals surface area contributed by atoms with E-state index in [-0.39, 0.29) is 23.7 Å². The van der Waals surface area contributed by atoms with Crippen molar-refractivity contribution in [2.45, 2.75) is 18.5 Å². The number of fused-ring (bicyclic) bond motifs is 1. The number of nitro groups is 1. The van der Waals surface area contributed by atoms with Crippen LogP contribution in [-0.2, 0) is 0 Å². The van der Waals surface area contributed by atoms with Gasteiger partial charge in [0.1, 0.15) is 6.33 Å². The smallest absolute Gasteiger partial charge is 0.269 e. The van der Waals surface area contributed by atoms with Crippen molar-refractivity contribution in [2.75, 3.05) is 4.90 Å². The summed E-state index contributed by atoms with van der Waals surface area (Å²) >= 11 is 6.11. The lowest BCUT2D eigenvalue weighted by atomic mass is 9.91. The lowest BCUT2D eigenvalue weighted by Crippen LogP contribution is -2.42. The summed E-state index contributed by atoms with van der Waals surface area (Å²) in [7, 11) is 0. The van der Waals surface area contributed by atoms with Gasteiger partial charge >= 0.3 is 0 Å². The first-order valence-corrected chi connectivity index (χ1v) is 10.7. The number of nitro benzene ring substituents is 1. The molecule has 0 fully saturated rings. The zero-order chi connectivity index (χ0) is 22.9. The number of rotatable bonds is 4. The van der Waals surface area contributed by atoms with Gasteiger partial charge in [-0.2, -0.15) is 10.1 Å². The van der Waals surface area contributed by atoms with Gasteiger partial charge < -0.3 is 0 Å². The molecule has 0 radical (unpaired) electrons. The maximum absolute atomic E-state index is 13.7. The lowest BCUT2D eigenvalue weighted by Gasteiger charge is -2.39. The van der Waals surface area contributed by atoms with Crippen LogP contribution in [0.1, 0.15) is 40.0 Å². The summed E-state index contributed by atoms with van der Waals surface area (Å²) in [5, 5.41) is 16.0. The number of hydrogen-bond acceptors (Lipinski definition) is 5. The van der Waals surface area contributed by atoms with Crippen LogP contribution in [0.2, 0.25) is 5.02 Å². The molecule has 33 heavy (non-hydrogen) atoms. The molecule has 0 N–H and O–H groups in total. The van der Waals surface area contributed by atoms with E-state index < -0.39 is 4.92 Å². The molecule has 0 aliphatic carbocycles. The van der Waals surface area contributed by atoms with Crippen molar-refractivity contribution in [1.29, 1.82) is 0 Å². The predicted octanol–water partition coefficient (Wildman–Crippen LogP) is 5.22. The van der Waals surface area contributed by atoms with Gasteiger partial charge in [0, 0.05) is 22.7 Å². The highest BCUT2D eigenvalue weighted by Gasteiger charge is 2.39. The Hall–Kier alpha value is -4.04. The summed E-state index contributed by atoms with van der Waals surface area (Å²) < 4.78 is 1.76. The van der Waals surface area contributed by atoms with E-state index in [1.54, 1.807) is 21.7 Å². The molecule has 1 amide bonds. The van der Waals surface area contributed by atoms with Crippen molar-refractivity contribution in [3.8, 4) is 0 Å². The maximum atomic E-state index is 13.7. The van der Waals surface area contributed by atoms with E-state index in [0.717, 1.165) is 11.1 Å². The molecule has 1 aliphatic heterocycles. The van der Waals surface area contributed by atoms with Crippen molar-refractivity contribution < 1.29 is 9.72 Å². The van der Waals surface area contributed by atoms with Gasteiger partial charge in [-0.3, -0.25) is 19.8 Å². The highest BCUT2D eigenvalue weighted by Crippen LogP contribution is 2.42. The molecule has 5 rings (SSSR count). The van der Waals surface area contributed by atoms with Crippen LogP contribution in [0.3, 0.4) is 0 Å². The number of carbonyl (C=O) groups is 1. The van der Waals surface area contributed by atoms with E-state index in [1.807, 2.05) is 42.5 Å². The quantitative estimate of drug-likeness (QED) is 0.308. The molecule has 2 heterocycles. The van der Waals surface area contributed by atoms with Crippen LogP contribution < -0.4 is 4.90 Å². The predicted molar refractivity (Wildman–Crippen MR) is 123 cm³/mol. The largest absolute Gasteiger partial charge is 0.269 e. The van der Waals surface area contributed by atoms with E-state index in [4.69, 9.17) is 11.6 Å². The molecule has 0 spiro atoms. The molecule has 1 aromatic heterocycles. The SMILES string of the molecule is O=C(c1ccc([N+](=O)[O-])cc1)N1c2ncnn2[C@@H](c2ccccc2)C[C@@H]1c1ccc(Cl)cc1. The third-order valence-electron chi connectivity index (χ3n) is 5.81. The Morgan fingerprint density at radius 2 is 1.61 bits per heavy atom. The Balaban J connectivity index is 1.62. The third kappa shape index (κ3) is 3.85. The molecule has 8 nitrogen and oxygen atoms in total. The molecule has 1 aliphatic rings. The molecule has 3 aromatic carbocycles. The number of amides is 1. The van der Waals surface area contributed by atoms with Crippen LogP contribution >= 0.6 is 11.6 Å². The molecule has 9 heteroatoms. The first-order valence-electron chi connectivity index (χ1n) is 10.3. The molecule has 0 bridgehead atoms. The first kappa shape index (κ1) is 20.8. The topological polar surface area (TPSA) is 94.2 Å². The third-order valence-corrected chi connectivity index (χ3v) is 6.06. The Bertz CT molecular complexity index is 1310. The zero-order valence-corrected chi connectivity index (χ0v) is 18.0. The number of non-ortho nitro benzene ring substituents is 1. The van der Waals surface area contributed by atoms with Crippen molar-refractivity contribution in [3.05, 3.63) is 117 Å². The molecule has 0 saturated heterocycles. The van der Waals surface area contributed by atoms with Crippen LogP contribution in [0.4, 0.5) is 11.6 Å². The molecular formula is C24H18ClN5O3. The van der Waals surface area contributed by atoms with Crippen LogP contribution in [0.25, 0.3) is 0 Å². The fourth-order valence-electron chi connectivity index (χ4n) is 4.21. The normalized spacial score (nSPS) is 17.4. The Morgan fingerprint density at radius 1 is 0.939 bits per heavy atom. The van der Waals surface area contributed by atoms with Gasteiger partial charge in [-0.05, 0) is 41.8 Å². The van der Waals surface area contributed by atoms with Crippen LogP contribution in [0.5, 0.6) is 0 Å². The summed E-state index contributed by atoms with van der Waals surface area (Å²) in [5.74, 6) is 0.101. The number of halogens is 1. The second kappa shape index (κ2) is 8.48. The van der Waals surface area contributed by atoms with E-state index in [0.29, 0.717) is 23.0 Å². The molecule has 164 valence electrons. The Kier molecular flexibility index (Phi) is 5.35. The van der Waals surface area contributed by atoms with Gasteiger partial charge in [0.2, 0.25) is 5.95 Å². The average molecular weight is 460 g/mol. The molecule has 4 aromatic rings. The first-order chi connectivity index (χ1) is 16.0. The number of anilines is 1. The summed E-state index contributed by atoms with van der Waals surface area (Å²) in [6.45, 7) is 0. The van der Waals surface area contributed by atoms with Crippen LogP contribution in [0, 0.1) is 10.1 Å².